The number of hydrogen-bond donors (Lipinski definition) is 0. The van der Waals surface area contributed by atoms with Crippen molar-refractivity contribution in [3.05, 3.63) is 70.9 Å². The van der Waals surface area contributed by atoms with Crippen molar-refractivity contribution in [3.63, 3.8) is 0 Å². The molecular weight excluding hydrogens is 324 g/mol. The van der Waals surface area contributed by atoms with E-state index in [0.29, 0.717) is 0 Å². The van der Waals surface area contributed by atoms with Gasteiger partial charge in [0, 0.05) is 49.7 Å². The molecule has 1 fully saturated rings. The van der Waals surface area contributed by atoms with Crippen molar-refractivity contribution in [1.82, 2.24) is 14.3 Å². The van der Waals surface area contributed by atoms with E-state index in [1.807, 2.05) is 23.1 Å². The molecule has 3 heterocycles. The van der Waals surface area contributed by atoms with Gasteiger partial charge in [0.25, 0.3) is 5.56 Å². The van der Waals surface area contributed by atoms with Gasteiger partial charge in [0.2, 0.25) is 0 Å². The minimum Gasteiger partial charge on any atom is -0.371 e. The quantitative estimate of drug-likeness (QED) is 0.725. The lowest BCUT2D eigenvalue weighted by molar-refractivity contribution is 0.565. The van der Waals surface area contributed by atoms with Crippen molar-refractivity contribution in [2.24, 2.45) is 7.05 Å². The lowest BCUT2D eigenvalue weighted by atomic mass is 10.1. The largest absolute Gasteiger partial charge is 0.371 e. The molecule has 1 aliphatic rings. The molecule has 1 saturated heterocycles. The summed E-state index contributed by atoms with van der Waals surface area (Å²) in [6, 6.07) is 12.3. The van der Waals surface area contributed by atoms with Gasteiger partial charge >= 0.3 is 0 Å². The van der Waals surface area contributed by atoms with Crippen LogP contribution in [0.1, 0.15) is 31.4 Å². The maximum Gasteiger partial charge on any atom is 0.252 e. The number of aryl methyl sites for hydroxylation is 1. The van der Waals surface area contributed by atoms with Crippen LogP contribution in [0.15, 0.2) is 59.8 Å². The van der Waals surface area contributed by atoms with Gasteiger partial charge in [-0.1, -0.05) is 30.3 Å². The fourth-order valence-corrected chi connectivity index (χ4v) is 3.64. The molecule has 26 heavy (non-hydrogen) atoms. The van der Waals surface area contributed by atoms with E-state index >= 15 is 0 Å². The number of aromatic nitrogens is 3. The summed E-state index contributed by atoms with van der Waals surface area (Å²) >= 11 is 0. The highest BCUT2D eigenvalue weighted by Crippen LogP contribution is 2.32. The van der Waals surface area contributed by atoms with E-state index in [-0.39, 0.29) is 11.6 Å². The summed E-state index contributed by atoms with van der Waals surface area (Å²) in [5, 5.41) is 4.60. The number of benzene rings is 1. The van der Waals surface area contributed by atoms with Crippen molar-refractivity contribution < 1.29 is 0 Å². The lowest BCUT2D eigenvalue weighted by Gasteiger charge is -2.21. The predicted molar refractivity (Wildman–Crippen MR) is 105 cm³/mol. The van der Waals surface area contributed by atoms with Crippen LogP contribution in [-0.4, -0.2) is 27.4 Å². The van der Waals surface area contributed by atoms with Crippen molar-refractivity contribution in [2.75, 3.05) is 18.0 Å². The molecule has 0 unspecified atom stereocenters. The van der Waals surface area contributed by atoms with Crippen LogP contribution < -0.4 is 10.5 Å². The molecule has 5 nitrogen and oxygen atoms in total. The fourth-order valence-electron chi connectivity index (χ4n) is 3.64. The number of pyridine rings is 1. The number of nitrogens with zero attached hydrogens (tertiary/aromatic N) is 4. The van der Waals surface area contributed by atoms with E-state index < -0.39 is 0 Å². The molecule has 1 aliphatic heterocycles. The van der Waals surface area contributed by atoms with Crippen LogP contribution in [0.4, 0.5) is 5.69 Å². The van der Waals surface area contributed by atoms with Crippen LogP contribution in [-0.2, 0) is 7.05 Å². The van der Waals surface area contributed by atoms with Crippen LogP contribution in [0.2, 0.25) is 0 Å². The van der Waals surface area contributed by atoms with Gasteiger partial charge in [-0.2, -0.15) is 5.10 Å². The zero-order valence-corrected chi connectivity index (χ0v) is 15.3. The summed E-state index contributed by atoms with van der Waals surface area (Å²) in [5.41, 5.74) is 4.39. The van der Waals surface area contributed by atoms with Crippen LogP contribution in [0, 0.1) is 0 Å². The molecule has 3 aromatic rings. The maximum atomic E-state index is 12.2. The van der Waals surface area contributed by atoms with Gasteiger partial charge in [-0.15, -0.1) is 0 Å². The van der Waals surface area contributed by atoms with Gasteiger partial charge in [-0.05, 0) is 25.3 Å². The molecule has 2 aromatic heterocycles. The van der Waals surface area contributed by atoms with Gasteiger partial charge in [-0.3, -0.25) is 9.48 Å². The van der Waals surface area contributed by atoms with Gasteiger partial charge in [-0.25, -0.2) is 0 Å². The van der Waals surface area contributed by atoms with E-state index in [1.54, 1.807) is 17.7 Å². The first-order valence-electron chi connectivity index (χ1n) is 9.18. The Morgan fingerprint density at radius 1 is 1.08 bits per heavy atom. The summed E-state index contributed by atoms with van der Waals surface area (Å²) < 4.78 is 3.64. The van der Waals surface area contributed by atoms with E-state index in [9.17, 15) is 4.79 Å². The van der Waals surface area contributed by atoms with Crippen LogP contribution in [0.3, 0.4) is 0 Å². The van der Waals surface area contributed by atoms with Gasteiger partial charge in [0.05, 0.1) is 17.9 Å². The summed E-state index contributed by atoms with van der Waals surface area (Å²) in [4.78, 5) is 14.5. The highest BCUT2D eigenvalue weighted by molar-refractivity contribution is 5.77. The second-order valence-corrected chi connectivity index (χ2v) is 7.01. The first kappa shape index (κ1) is 16.6. The van der Waals surface area contributed by atoms with Crippen molar-refractivity contribution in [2.45, 2.75) is 25.8 Å². The van der Waals surface area contributed by atoms with Gasteiger partial charge in [0.15, 0.2) is 0 Å². The van der Waals surface area contributed by atoms with Crippen LogP contribution in [0.25, 0.3) is 11.1 Å². The summed E-state index contributed by atoms with van der Waals surface area (Å²) in [6.07, 6.45) is 8.28. The summed E-state index contributed by atoms with van der Waals surface area (Å²) in [5.74, 6) is 0. The summed E-state index contributed by atoms with van der Waals surface area (Å²) in [6.45, 7) is 4.16. The fraction of sp³-hybridized carbons (Fsp3) is 0.333. The second kappa shape index (κ2) is 6.83. The normalized spacial score (nSPS) is 15.4. The van der Waals surface area contributed by atoms with Crippen molar-refractivity contribution in [3.8, 4) is 11.1 Å². The Kier molecular flexibility index (Phi) is 4.37. The third kappa shape index (κ3) is 3.05. The summed E-state index contributed by atoms with van der Waals surface area (Å²) in [7, 11) is 1.80. The lowest BCUT2D eigenvalue weighted by Crippen LogP contribution is -2.23. The molecule has 1 atom stereocenters. The predicted octanol–water partition coefficient (Wildman–Crippen LogP) is 3.46. The number of hydrogen-bond acceptors (Lipinski definition) is 3. The molecule has 0 amide bonds. The molecule has 0 radical (unpaired) electrons. The molecule has 5 heteroatoms. The Bertz CT molecular complexity index is 952. The van der Waals surface area contributed by atoms with Crippen LogP contribution >= 0.6 is 0 Å². The second-order valence-electron chi connectivity index (χ2n) is 7.01. The smallest absolute Gasteiger partial charge is 0.252 e. The molecule has 4 rings (SSSR count). The van der Waals surface area contributed by atoms with E-state index in [0.717, 1.165) is 29.9 Å². The van der Waals surface area contributed by atoms with E-state index in [2.05, 4.69) is 47.4 Å². The first-order valence-corrected chi connectivity index (χ1v) is 9.18. The maximum absolute atomic E-state index is 12.2. The number of rotatable bonds is 4. The first-order chi connectivity index (χ1) is 12.6. The highest BCUT2D eigenvalue weighted by Gasteiger charge is 2.19. The minimum absolute atomic E-state index is 0.0284. The molecule has 0 bridgehead atoms. The minimum atomic E-state index is 0.0284. The van der Waals surface area contributed by atoms with Gasteiger partial charge < -0.3 is 9.47 Å². The zero-order valence-electron chi connectivity index (χ0n) is 15.3. The topological polar surface area (TPSA) is 43.1 Å². The molecule has 134 valence electrons. The highest BCUT2D eigenvalue weighted by atomic mass is 16.1. The van der Waals surface area contributed by atoms with Crippen LogP contribution in [0.5, 0.6) is 0 Å². The average molecular weight is 348 g/mol. The average Bonchev–Trinajstić information content (AvgIpc) is 3.35. The SMILES string of the molecule is C[C@@H](c1ccccc1)n1cc(-c2cn(C)c(=O)cc2N2CCCC2)cn1. The van der Waals surface area contributed by atoms with E-state index in [1.165, 1.54) is 18.4 Å². The third-order valence-electron chi connectivity index (χ3n) is 5.24. The molecular formula is C21H24N4O. The Hall–Kier alpha value is -2.82. The Labute approximate surface area is 153 Å². The van der Waals surface area contributed by atoms with E-state index in [4.69, 9.17) is 0 Å². The monoisotopic (exact) mass is 348 g/mol. The Balaban J connectivity index is 1.73. The molecule has 1 aromatic carbocycles. The third-order valence-corrected chi connectivity index (χ3v) is 5.24. The van der Waals surface area contributed by atoms with Crippen molar-refractivity contribution in [1.29, 1.82) is 0 Å². The zero-order chi connectivity index (χ0) is 18.1. The Morgan fingerprint density at radius 3 is 2.54 bits per heavy atom. The molecule has 0 N–H and O–H groups in total. The Morgan fingerprint density at radius 2 is 1.81 bits per heavy atom. The standard InChI is InChI=1S/C21H24N4O/c1-16(17-8-4-3-5-9-17)25-14-18(13-22-25)19-15-23(2)21(26)12-20(19)24-10-6-7-11-24/h3-5,8-9,12-16H,6-7,10-11H2,1-2H3/t16-/m0/s1. The van der Waals surface area contributed by atoms with Crippen molar-refractivity contribution >= 4 is 5.69 Å². The molecule has 0 aliphatic carbocycles. The number of anilines is 1. The molecule has 0 spiro atoms. The molecule has 0 saturated carbocycles. The van der Waals surface area contributed by atoms with Gasteiger partial charge in [0.1, 0.15) is 0 Å².